The zero-order valence-corrected chi connectivity index (χ0v) is 48.7. The number of para-hydroxylation sites is 2. The second-order valence-corrected chi connectivity index (χ2v) is 28.1. The normalized spacial score (nSPS) is 18.3. The molecule has 0 unspecified atom stereocenters. The first kappa shape index (κ1) is 49.8. The maximum absolute atomic E-state index is 2.73. The molecule has 2 heterocycles. The lowest BCUT2D eigenvalue weighted by Crippen LogP contribution is -2.62. The molecule has 0 spiro atoms. The molecule has 8 aromatic rings. The van der Waals surface area contributed by atoms with Crippen LogP contribution in [0.25, 0.3) is 11.1 Å². The van der Waals surface area contributed by atoms with Crippen molar-refractivity contribution in [2.45, 2.75) is 162 Å². The van der Waals surface area contributed by atoms with Crippen LogP contribution in [0.15, 0.2) is 152 Å². The molecule has 0 saturated heterocycles. The van der Waals surface area contributed by atoms with Gasteiger partial charge in [0.1, 0.15) is 0 Å². The fourth-order valence-electron chi connectivity index (χ4n) is 14.8. The number of benzene rings is 8. The van der Waals surface area contributed by atoms with E-state index in [0.29, 0.717) is 0 Å². The van der Waals surface area contributed by atoms with Gasteiger partial charge in [-0.15, -0.1) is 0 Å². The Labute approximate surface area is 461 Å². The minimum atomic E-state index is -0.172. The third kappa shape index (κ3) is 7.43. The molecule has 0 fully saturated rings. The molecule has 0 bridgehead atoms. The molecule has 0 radical (unpaired) electrons. The van der Waals surface area contributed by atoms with Crippen molar-refractivity contribution in [3.05, 3.63) is 202 Å². The van der Waals surface area contributed by atoms with Gasteiger partial charge < -0.3 is 14.7 Å². The van der Waals surface area contributed by atoms with Crippen LogP contribution < -0.4 is 31.1 Å². The summed E-state index contributed by atoms with van der Waals surface area (Å²) in [6.45, 7) is 36.4. The summed E-state index contributed by atoms with van der Waals surface area (Å²) in [5, 5.41) is 0. The highest BCUT2D eigenvalue weighted by atomic mass is 15.2. The molecule has 0 N–H and O–H groups in total. The molecular formula is C73H78BN3. The predicted molar refractivity (Wildman–Crippen MR) is 331 cm³/mol. The Kier molecular flexibility index (Phi) is 10.7. The fourth-order valence-corrected chi connectivity index (χ4v) is 14.8. The van der Waals surface area contributed by atoms with Gasteiger partial charge in [0.05, 0.1) is 0 Å². The van der Waals surface area contributed by atoms with Crippen LogP contribution in [0.2, 0.25) is 0 Å². The van der Waals surface area contributed by atoms with E-state index in [9.17, 15) is 0 Å². The Bertz CT molecular complexity index is 3740. The third-order valence-corrected chi connectivity index (χ3v) is 19.8. The van der Waals surface area contributed by atoms with Crippen molar-refractivity contribution >= 4 is 74.3 Å². The van der Waals surface area contributed by atoms with Gasteiger partial charge in [-0.1, -0.05) is 175 Å². The van der Waals surface area contributed by atoms with Crippen molar-refractivity contribution in [1.82, 2.24) is 0 Å². The van der Waals surface area contributed by atoms with E-state index in [2.05, 4.69) is 270 Å². The van der Waals surface area contributed by atoms with Crippen LogP contribution in [-0.4, -0.2) is 6.71 Å². The van der Waals surface area contributed by atoms with Crippen LogP contribution in [0.5, 0.6) is 0 Å². The van der Waals surface area contributed by atoms with Crippen LogP contribution in [0.4, 0.5) is 51.2 Å². The molecule has 8 aromatic carbocycles. The second kappa shape index (κ2) is 16.6. The summed E-state index contributed by atoms with van der Waals surface area (Å²) in [5.41, 5.74) is 30.3. The van der Waals surface area contributed by atoms with E-state index in [1.165, 1.54) is 136 Å². The summed E-state index contributed by atoms with van der Waals surface area (Å²) in [7, 11) is 0. The molecule has 388 valence electrons. The quantitative estimate of drug-likeness (QED) is 0.159. The van der Waals surface area contributed by atoms with Crippen molar-refractivity contribution in [2.75, 3.05) is 14.7 Å². The molecule has 5 aliphatic rings. The number of hydrogen-bond donors (Lipinski definition) is 0. The number of nitrogens with zero attached hydrogens (tertiary/aromatic N) is 3. The average molecular weight is 1010 g/mol. The molecule has 0 atom stereocenters. The molecule has 0 aromatic heterocycles. The largest absolute Gasteiger partial charge is 0.311 e. The van der Waals surface area contributed by atoms with Crippen LogP contribution in [0, 0.1) is 13.8 Å². The van der Waals surface area contributed by atoms with Gasteiger partial charge in [-0.05, 0) is 211 Å². The Morgan fingerprint density at radius 1 is 0.416 bits per heavy atom. The lowest BCUT2D eigenvalue weighted by Gasteiger charge is -2.48. The van der Waals surface area contributed by atoms with Crippen molar-refractivity contribution in [3.63, 3.8) is 0 Å². The molecule has 4 heteroatoms. The molecule has 3 nitrogen and oxygen atoms in total. The van der Waals surface area contributed by atoms with E-state index in [4.69, 9.17) is 0 Å². The van der Waals surface area contributed by atoms with Gasteiger partial charge in [0.2, 0.25) is 0 Å². The first-order valence-electron chi connectivity index (χ1n) is 28.8. The predicted octanol–water partition coefficient (Wildman–Crippen LogP) is 18.2. The van der Waals surface area contributed by atoms with E-state index in [-0.39, 0.29) is 39.2 Å². The third-order valence-electron chi connectivity index (χ3n) is 19.8. The van der Waals surface area contributed by atoms with Gasteiger partial charge in [0, 0.05) is 56.6 Å². The minimum Gasteiger partial charge on any atom is -0.311 e. The van der Waals surface area contributed by atoms with Gasteiger partial charge in [0.25, 0.3) is 6.71 Å². The molecule has 0 saturated carbocycles. The summed E-state index contributed by atoms with van der Waals surface area (Å²) in [6, 6.07) is 59.9. The molecule has 2 aliphatic heterocycles. The van der Waals surface area contributed by atoms with E-state index >= 15 is 0 Å². The zero-order valence-electron chi connectivity index (χ0n) is 48.7. The fraction of sp³-hybridized carbons (Fsp3) is 0.342. The lowest BCUT2D eigenvalue weighted by atomic mass is 9.33. The first-order chi connectivity index (χ1) is 36.4. The second-order valence-electron chi connectivity index (χ2n) is 28.1. The van der Waals surface area contributed by atoms with Crippen LogP contribution >= 0.6 is 0 Å². The standard InChI is InChI=1S/C73H78BN3/c1-45-22-16-20-26-61(45)75(62-27-21-17-23-46(62)2)50-30-33-59-63(42-50)76(48-28-31-52-51-24-18-19-25-53(51)73(14,15)55(52)40-48)65-38-47(68(3,4)5)39-66-67(65)74(59)60-43-57-58(72(12,13)37-36-71(57,10)11)44-64(60)77(66)49-29-32-54-56(41-49)70(8,9)35-34-69(54,6)7/h16-33,38-44H,34-37H2,1-15H3. The van der Waals surface area contributed by atoms with E-state index in [1.54, 1.807) is 0 Å². The Morgan fingerprint density at radius 3 is 1.48 bits per heavy atom. The Morgan fingerprint density at radius 2 is 0.896 bits per heavy atom. The molecule has 3 aliphatic carbocycles. The van der Waals surface area contributed by atoms with Crippen LogP contribution in [0.1, 0.15) is 166 Å². The van der Waals surface area contributed by atoms with Gasteiger partial charge in [-0.25, -0.2) is 0 Å². The summed E-state index contributed by atoms with van der Waals surface area (Å²) >= 11 is 0. The maximum atomic E-state index is 2.73. The maximum Gasteiger partial charge on any atom is 0.252 e. The molecule has 77 heavy (non-hydrogen) atoms. The van der Waals surface area contributed by atoms with E-state index < -0.39 is 0 Å². The zero-order chi connectivity index (χ0) is 54.1. The van der Waals surface area contributed by atoms with Crippen LogP contribution in [0.3, 0.4) is 0 Å². The van der Waals surface area contributed by atoms with Crippen molar-refractivity contribution in [2.24, 2.45) is 0 Å². The van der Waals surface area contributed by atoms with Crippen molar-refractivity contribution < 1.29 is 0 Å². The van der Waals surface area contributed by atoms with Crippen molar-refractivity contribution in [3.8, 4) is 11.1 Å². The van der Waals surface area contributed by atoms with Gasteiger partial charge in [-0.2, -0.15) is 0 Å². The highest BCUT2D eigenvalue weighted by Gasteiger charge is 2.48. The number of fused-ring (bicyclic) bond motifs is 9. The highest BCUT2D eigenvalue weighted by molar-refractivity contribution is 7.00. The van der Waals surface area contributed by atoms with Gasteiger partial charge in [-0.3, -0.25) is 0 Å². The Balaban J connectivity index is 1.16. The molecule has 13 rings (SSSR count). The summed E-state index contributed by atoms with van der Waals surface area (Å²) in [6.07, 6.45) is 4.68. The summed E-state index contributed by atoms with van der Waals surface area (Å²) in [4.78, 5) is 7.92. The smallest absolute Gasteiger partial charge is 0.252 e. The monoisotopic (exact) mass is 1010 g/mol. The molecule has 0 amide bonds. The number of aryl methyl sites for hydroxylation is 2. The number of anilines is 9. The van der Waals surface area contributed by atoms with Gasteiger partial charge in [0.15, 0.2) is 0 Å². The SMILES string of the molecule is Cc1ccccc1N(c1ccc2c(c1)N(c1ccc3c(c1)C(C)(C)c1ccccc1-3)c1cc(C(C)(C)C)cc3c1B2c1cc2c(cc1N3c1ccc3c(c1)C(C)(C)CCC3(C)C)C(C)(C)CCC2(C)C)c1ccccc1C. The highest BCUT2D eigenvalue weighted by Crippen LogP contribution is 2.56. The topological polar surface area (TPSA) is 9.72 Å². The minimum absolute atomic E-state index is 0.0229. The van der Waals surface area contributed by atoms with Crippen molar-refractivity contribution in [1.29, 1.82) is 0 Å². The first-order valence-corrected chi connectivity index (χ1v) is 28.8. The summed E-state index contributed by atoms with van der Waals surface area (Å²) in [5.74, 6) is 0. The van der Waals surface area contributed by atoms with E-state index in [1.807, 2.05) is 0 Å². The van der Waals surface area contributed by atoms with E-state index in [0.717, 1.165) is 18.5 Å². The number of rotatable bonds is 5. The lowest BCUT2D eigenvalue weighted by molar-refractivity contribution is 0.332. The number of hydrogen-bond acceptors (Lipinski definition) is 3. The average Bonchev–Trinajstić information content (AvgIpc) is 3.81. The molecular weight excluding hydrogens is 930 g/mol. The van der Waals surface area contributed by atoms with Crippen LogP contribution in [-0.2, 0) is 32.5 Å². The van der Waals surface area contributed by atoms with Gasteiger partial charge >= 0.3 is 0 Å². The Hall–Kier alpha value is -6.78. The summed E-state index contributed by atoms with van der Waals surface area (Å²) < 4.78 is 0.